The molecule has 1 heterocycles. The molecule has 1 aromatic carbocycles. The van der Waals surface area contributed by atoms with E-state index in [4.69, 9.17) is 10.5 Å². The molecule has 0 saturated carbocycles. The number of anilines is 1. The second kappa shape index (κ2) is 5.58. The Morgan fingerprint density at radius 2 is 2.00 bits per heavy atom. The van der Waals surface area contributed by atoms with Crippen molar-refractivity contribution in [1.29, 1.82) is 0 Å². The normalized spacial score (nSPS) is 10.6. The maximum atomic E-state index is 5.99. The van der Waals surface area contributed by atoms with Gasteiger partial charge in [0.1, 0.15) is 12.3 Å². The molecule has 0 atom stereocenters. The molecule has 0 fully saturated rings. The minimum Gasteiger partial charge on any atom is -0.471 e. The van der Waals surface area contributed by atoms with Gasteiger partial charge in [-0.25, -0.2) is 4.68 Å². The molecule has 0 aliphatic carbocycles. The van der Waals surface area contributed by atoms with E-state index in [1.807, 2.05) is 41.9 Å². The van der Waals surface area contributed by atoms with Gasteiger partial charge in [0.05, 0.1) is 5.69 Å². The number of aromatic nitrogens is 2. The Labute approximate surface area is 107 Å². The highest BCUT2D eigenvalue weighted by Crippen LogP contribution is 2.25. The highest BCUT2D eigenvalue weighted by atomic mass is 16.5. The van der Waals surface area contributed by atoms with Gasteiger partial charge in [-0.3, -0.25) is 0 Å². The van der Waals surface area contributed by atoms with Crippen LogP contribution in [0.4, 0.5) is 5.69 Å². The van der Waals surface area contributed by atoms with Gasteiger partial charge >= 0.3 is 0 Å². The summed E-state index contributed by atoms with van der Waals surface area (Å²) in [6, 6.07) is 10.0. The molecule has 0 saturated heterocycles. The van der Waals surface area contributed by atoms with Crippen LogP contribution in [0.2, 0.25) is 0 Å². The molecular formula is C14H19N3O. The van der Waals surface area contributed by atoms with Crippen LogP contribution in [0.15, 0.2) is 30.3 Å². The minimum atomic E-state index is 0.514. The van der Waals surface area contributed by atoms with Crippen LogP contribution in [0.1, 0.15) is 24.6 Å². The summed E-state index contributed by atoms with van der Waals surface area (Å²) in [6.45, 7) is 5.34. The second-order valence-corrected chi connectivity index (χ2v) is 4.30. The van der Waals surface area contributed by atoms with Gasteiger partial charge in [0.25, 0.3) is 0 Å². The van der Waals surface area contributed by atoms with E-state index < -0.39 is 0 Å². The molecule has 2 aromatic rings. The standard InChI is InChI=1S/C14H19N3O/c1-3-9-17-14(13(15)11(2)16-17)18-10-12-7-5-4-6-8-12/h4-8H,3,9-10,15H2,1-2H3. The fourth-order valence-corrected chi connectivity index (χ4v) is 1.82. The van der Waals surface area contributed by atoms with Gasteiger partial charge < -0.3 is 10.5 Å². The molecule has 96 valence electrons. The monoisotopic (exact) mass is 245 g/mol. The molecule has 4 nitrogen and oxygen atoms in total. The summed E-state index contributed by atoms with van der Waals surface area (Å²) in [5, 5.41) is 4.38. The van der Waals surface area contributed by atoms with Crippen molar-refractivity contribution in [2.45, 2.75) is 33.4 Å². The maximum Gasteiger partial charge on any atom is 0.236 e. The number of nitrogens with zero attached hydrogens (tertiary/aromatic N) is 2. The number of ether oxygens (including phenoxy) is 1. The zero-order valence-electron chi connectivity index (χ0n) is 10.9. The summed E-state index contributed by atoms with van der Waals surface area (Å²) in [5.74, 6) is 0.679. The lowest BCUT2D eigenvalue weighted by Crippen LogP contribution is -2.06. The Morgan fingerprint density at radius 1 is 1.28 bits per heavy atom. The van der Waals surface area contributed by atoms with Gasteiger partial charge in [-0.05, 0) is 18.9 Å². The van der Waals surface area contributed by atoms with Crippen molar-refractivity contribution in [2.24, 2.45) is 0 Å². The van der Waals surface area contributed by atoms with Crippen LogP contribution < -0.4 is 10.5 Å². The van der Waals surface area contributed by atoms with Crippen LogP contribution in [0.5, 0.6) is 5.88 Å². The smallest absolute Gasteiger partial charge is 0.236 e. The van der Waals surface area contributed by atoms with Crippen LogP contribution in [-0.2, 0) is 13.2 Å². The molecule has 0 unspecified atom stereocenters. The first kappa shape index (κ1) is 12.5. The molecule has 0 aliphatic rings. The highest BCUT2D eigenvalue weighted by Gasteiger charge is 2.13. The second-order valence-electron chi connectivity index (χ2n) is 4.30. The SMILES string of the molecule is CCCn1nc(C)c(N)c1OCc1ccccc1. The van der Waals surface area contributed by atoms with Gasteiger partial charge in [0, 0.05) is 6.54 Å². The maximum absolute atomic E-state index is 5.99. The van der Waals surface area contributed by atoms with Crippen molar-refractivity contribution in [3.8, 4) is 5.88 Å². The van der Waals surface area contributed by atoms with Crippen molar-refractivity contribution in [3.63, 3.8) is 0 Å². The molecular weight excluding hydrogens is 226 g/mol. The fourth-order valence-electron chi connectivity index (χ4n) is 1.82. The zero-order valence-corrected chi connectivity index (χ0v) is 10.9. The molecule has 0 aliphatic heterocycles. The van der Waals surface area contributed by atoms with Gasteiger partial charge in [-0.1, -0.05) is 37.3 Å². The number of nitrogen functional groups attached to an aromatic ring is 1. The van der Waals surface area contributed by atoms with E-state index in [1.165, 1.54) is 0 Å². The predicted octanol–water partition coefficient (Wildman–Crippen LogP) is 2.76. The van der Waals surface area contributed by atoms with E-state index in [0.717, 1.165) is 24.2 Å². The van der Waals surface area contributed by atoms with Crippen molar-refractivity contribution < 1.29 is 4.74 Å². The molecule has 0 bridgehead atoms. The van der Waals surface area contributed by atoms with Crippen molar-refractivity contribution >= 4 is 5.69 Å². The Hall–Kier alpha value is -1.97. The van der Waals surface area contributed by atoms with Crippen LogP contribution in [0, 0.1) is 6.92 Å². The molecule has 2 N–H and O–H groups in total. The zero-order chi connectivity index (χ0) is 13.0. The Balaban J connectivity index is 2.13. The predicted molar refractivity (Wildman–Crippen MR) is 72.4 cm³/mol. The summed E-state index contributed by atoms with van der Waals surface area (Å²) < 4.78 is 7.64. The summed E-state index contributed by atoms with van der Waals surface area (Å²) in [6.07, 6.45) is 1.00. The van der Waals surface area contributed by atoms with Crippen molar-refractivity contribution in [2.75, 3.05) is 5.73 Å². The lowest BCUT2D eigenvalue weighted by atomic mass is 10.2. The van der Waals surface area contributed by atoms with Crippen LogP contribution in [0.3, 0.4) is 0 Å². The van der Waals surface area contributed by atoms with E-state index in [1.54, 1.807) is 0 Å². The first-order valence-electron chi connectivity index (χ1n) is 6.22. The molecule has 0 amide bonds. The van der Waals surface area contributed by atoms with E-state index in [0.29, 0.717) is 18.2 Å². The quantitative estimate of drug-likeness (QED) is 0.881. The summed E-state index contributed by atoms with van der Waals surface area (Å²) in [4.78, 5) is 0. The largest absolute Gasteiger partial charge is 0.471 e. The van der Waals surface area contributed by atoms with E-state index >= 15 is 0 Å². The summed E-state index contributed by atoms with van der Waals surface area (Å²) in [5.41, 5.74) is 8.58. The topological polar surface area (TPSA) is 53.1 Å². The number of benzene rings is 1. The number of aryl methyl sites for hydroxylation is 2. The Kier molecular flexibility index (Phi) is 3.87. The molecule has 0 spiro atoms. The number of nitrogens with two attached hydrogens (primary N) is 1. The van der Waals surface area contributed by atoms with Gasteiger partial charge in [0.2, 0.25) is 5.88 Å². The average molecular weight is 245 g/mol. The third-order valence-electron chi connectivity index (χ3n) is 2.78. The van der Waals surface area contributed by atoms with Gasteiger partial charge in [-0.15, -0.1) is 0 Å². The van der Waals surface area contributed by atoms with Crippen molar-refractivity contribution in [3.05, 3.63) is 41.6 Å². The van der Waals surface area contributed by atoms with Crippen LogP contribution in [0.25, 0.3) is 0 Å². The molecule has 4 heteroatoms. The molecule has 18 heavy (non-hydrogen) atoms. The highest BCUT2D eigenvalue weighted by molar-refractivity contribution is 5.52. The molecule has 1 aromatic heterocycles. The van der Waals surface area contributed by atoms with E-state index in [2.05, 4.69) is 12.0 Å². The third-order valence-corrected chi connectivity index (χ3v) is 2.78. The first-order valence-corrected chi connectivity index (χ1v) is 6.22. The van der Waals surface area contributed by atoms with Crippen LogP contribution >= 0.6 is 0 Å². The number of hydrogen-bond donors (Lipinski definition) is 1. The lowest BCUT2D eigenvalue weighted by molar-refractivity contribution is 0.273. The minimum absolute atomic E-state index is 0.514. The lowest BCUT2D eigenvalue weighted by Gasteiger charge is -2.09. The number of rotatable bonds is 5. The average Bonchev–Trinajstić information content (AvgIpc) is 2.65. The fraction of sp³-hybridized carbons (Fsp3) is 0.357. The number of hydrogen-bond acceptors (Lipinski definition) is 3. The van der Waals surface area contributed by atoms with Gasteiger partial charge in [0.15, 0.2) is 0 Å². The van der Waals surface area contributed by atoms with Gasteiger partial charge in [-0.2, -0.15) is 5.10 Å². The summed E-state index contributed by atoms with van der Waals surface area (Å²) in [7, 11) is 0. The summed E-state index contributed by atoms with van der Waals surface area (Å²) >= 11 is 0. The van der Waals surface area contributed by atoms with Crippen LogP contribution in [-0.4, -0.2) is 9.78 Å². The molecule has 0 radical (unpaired) electrons. The Bertz CT molecular complexity index is 505. The van der Waals surface area contributed by atoms with E-state index in [-0.39, 0.29) is 0 Å². The first-order chi connectivity index (χ1) is 8.72. The van der Waals surface area contributed by atoms with E-state index in [9.17, 15) is 0 Å². The Morgan fingerprint density at radius 3 is 2.67 bits per heavy atom. The third kappa shape index (κ3) is 2.64. The van der Waals surface area contributed by atoms with Crippen molar-refractivity contribution in [1.82, 2.24) is 9.78 Å². The molecule has 2 rings (SSSR count).